The van der Waals surface area contributed by atoms with E-state index >= 15 is 0 Å². The Morgan fingerprint density at radius 1 is 1.54 bits per heavy atom. The second kappa shape index (κ2) is 4.68. The Balaban J connectivity index is 2.99. The normalized spacial score (nSPS) is 10.1. The van der Waals surface area contributed by atoms with Gasteiger partial charge in [-0.15, -0.1) is 11.8 Å². The van der Waals surface area contributed by atoms with Crippen LogP contribution in [0.2, 0.25) is 5.02 Å². The molecule has 0 fully saturated rings. The first-order valence-electron chi connectivity index (χ1n) is 3.95. The summed E-state index contributed by atoms with van der Waals surface area (Å²) in [6.07, 6.45) is 2.47. The van der Waals surface area contributed by atoms with Crippen molar-refractivity contribution < 1.29 is 4.79 Å². The van der Waals surface area contributed by atoms with Crippen molar-refractivity contribution in [1.82, 2.24) is 0 Å². The lowest BCUT2D eigenvalue weighted by atomic mass is 10.1. The number of Topliss-reactive ketones (excluding diaryl/α,β-unsaturated/α-hetero) is 1. The minimum absolute atomic E-state index is 0.178. The molecule has 0 aliphatic carbocycles. The third kappa shape index (κ3) is 3.05. The molecular weight excluding hydrogens is 204 g/mol. The second-order valence-electron chi connectivity index (χ2n) is 2.83. The first-order chi connectivity index (χ1) is 6.13. The number of hydrogen-bond acceptors (Lipinski definition) is 2. The van der Waals surface area contributed by atoms with Gasteiger partial charge in [-0.2, -0.15) is 0 Å². The molecule has 0 bridgehead atoms. The minimum atomic E-state index is 0.178. The smallest absolute Gasteiger partial charge is 0.134 e. The van der Waals surface area contributed by atoms with Crippen molar-refractivity contribution in [3.05, 3.63) is 28.8 Å². The molecule has 0 unspecified atom stereocenters. The van der Waals surface area contributed by atoms with Crippen LogP contribution in [-0.4, -0.2) is 12.0 Å². The van der Waals surface area contributed by atoms with Crippen LogP contribution in [0.4, 0.5) is 0 Å². The summed E-state index contributed by atoms with van der Waals surface area (Å²) < 4.78 is 0. The van der Waals surface area contributed by atoms with E-state index in [-0.39, 0.29) is 5.78 Å². The van der Waals surface area contributed by atoms with Crippen molar-refractivity contribution in [3.63, 3.8) is 0 Å². The van der Waals surface area contributed by atoms with Crippen LogP contribution in [-0.2, 0) is 11.2 Å². The maximum atomic E-state index is 10.9. The third-order valence-corrected chi connectivity index (χ3v) is 2.74. The van der Waals surface area contributed by atoms with Gasteiger partial charge in [-0.3, -0.25) is 4.79 Å². The van der Waals surface area contributed by atoms with E-state index < -0.39 is 0 Å². The van der Waals surface area contributed by atoms with E-state index in [1.807, 2.05) is 24.5 Å². The van der Waals surface area contributed by atoms with Crippen LogP contribution in [0.5, 0.6) is 0 Å². The molecule has 13 heavy (non-hydrogen) atoms. The van der Waals surface area contributed by atoms with Crippen molar-refractivity contribution in [2.75, 3.05) is 6.26 Å². The average Bonchev–Trinajstić information content (AvgIpc) is 2.07. The predicted molar refractivity (Wildman–Crippen MR) is 57.6 cm³/mol. The van der Waals surface area contributed by atoms with Gasteiger partial charge in [-0.25, -0.2) is 0 Å². The van der Waals surface area contributed by atoms with Crippen molar-refractivity contribution in [2.24, 2.45) is 0 Å². The largest absolute Gasteiger partial charge is 0.300 e. The second-order valence-corrected chi connectivity index (χ2v) is 4.12. The highest BCUT2D eigenvalue weighted by atomic mass is 35.5. The van der Waals surface area contributed by atoms with Gasteiger partial charge in [0.15, 0.2) is 0 Å². The zero-order valence-corrected chi connectivity index (χ0v) is 9.21. The Hall–Kier alpha value is -0.470. The zero-order chi connectivity index (χ0) is 9.84. The van der Waals surface area contributed by atoms with E-state index in [0.29, 0.717) is 6.42 Å². The van der Waals surface area contributed by atoms with E-state index in [2.05, 4.69) is 0 Å². The van der Waals surface area contributed by atoms with Gasteiger partial charge >= 0.3 is 0 Å². The van der Waals surface area contributed by atoms with Crippen LogP contribution in [0.25, 0.3) is 0 Å². The number of carbonyl (C=O) groups excluding carboxylic acids is 1. The predicted octanol–water partition coefficient (Wildman–Crippen LogP) is 3.19. The molecule has 1 nitrogen and oxygen atoms in total. The van der Waals surface area contributed by atoms with Gasteiger partial charge in [0.05, 0.1) is 0 Å². The number of carbonyl (C=O) groups is 1. The SMILES string of the molecule is CSc1cc(Cl)ccc1CC(C)=O. The molecule has 1 rings (SSSR count). The van der Waals surface area contributed by atoms with Crippen LogP contribution in [0.15, 0.2) is 23.1 Å². The Bertz CT molecular complexity index is 323. The molecule has 0 atom stereocenters. The number of ketones is 1. The first kappa shape index (κ1) is 10.6. The monoisotopic (exact) mass is 214 g/mol. The summed E-state index contributed by atoms with van der Waals surface area (Å²) in [6.45, 7) is 1.60. The Morgan fingerprint density at radius 2 is 2.23 bits per heavy atom. The fourth-order valence-electron chi connectivity index (χ4n) is 1.13. The standard InChI is InChI=1S/C10H11ClOS/c1-7(12)5-8-3-4-9(11)6-10(8)13-2/h3-4,6H,5H2,1-2H3. The minimum Gasteiger partial charge on any atom is -0.300 e. The molecule has 0 N–H and O–H groups in total. The third-order valence-electron chi connectivity index (χ3n) is 1.69. The van der Waals surface area contributed by atoms with Crippen molar-refractivity contribution in [3.8, 4) is 0 Å². The van der Waals surface area contributed by atoms with Crippen molar-refractivity contribution >= 4 is 29.1 Å². The summed E-state index contributed by atoms with van der Waals surface area (Å²) in [5.41, 5.74) is 1.06. The topological polar surface area (TPSA) is 17.1 Å². The number of thioether (sulfide) groups is 1. The van der Waals surface area contributed by atoms with Gasteiger partial charge in [0.1, 0.15) is 5.78 Å². The summed E-state index contributed by atoms with van der Waals surface area (Å²) in [7, 11) is 0. The molecule has 0 radical (unpaired) electrons. The number of halogens is 1. The van der Waals surface area contributed by atoms with Crippen molar-refractivity contribution in [2.45, 2.75) is 18.2 Å². The molecular formula is C10H11ClOS. The van der Waals surface area contributed by atoms with E-state index in [1.165, 1.54) is 0 Å². The molecule has 0 spiro atoms. The Kier molecular flexibility index (Phi) is 3.82. The van der Waals surface area contributed by atoms with Crippen LogP contribution in [0, 0.1) is 0 Å². The fraction of sp³-hybridized carbons (Fsp3) is 0.300. The first-order valence-corrected chi connectivity index (χ1v) is 5.55. The van der Waals surface area contributed by atoms with Gasteiger partial charge in [-0.05, 0) is 30.9 Å². The molecule has 0 amide bonds. The van der Waals surface area contributed by atoms with E-state index in [0.717, 1.165) is 15.5 Å². The highest BCUT2D eigenvalue weighted by Crippen LogP contribution is 2.24. The maximum Gasteiger partial charge on any atom is 0.134 e. The maximum absolute atomic E-state index is 10.9. The number of rotatable bonds is 3. The molecule has 0 saturated heterocycles. The number of benzene rings is 1. The summed E-state index contributed by atoms with van der Waals surface area (Å²) >= 11 is 7.45. The molecule has 0 heterocycles. The highest BCUT2D eigenvalue weighted by Gasteiger charge is 2.04. The van der Waals surface area contributed by atoms with E-state index in [9.17, 15) is 4.79 Å². The Labute approximate surface area is 87.5 Å². The lowest BCUT2D eigenvalue weighted by molar-refractivity contribution is -0.116. The average molecular weight is 215 g/mol. The molecule has 3 heteroatoms. The molecule has 0 aliphatic rings. The summed E-state index contributed by atoms with van der Waals surface area (Å²) in [4.78, 5) is 12.0. The van der Waals surface area contributed by atoms with Gasteiger partial charge in [0.25, 0.3) is 0 Å². The van der Waals surface area contributed by atoms with Gasteiger partial charge < -0.3 is 0 Å². The van der Waals surface area contributed by atoms with Gasteiger partial charge in [-0.1, -0.05) is 17.7 Å². The fourth-order valence-corrected chi connectivity index (χ4v) is 2.02. The summed E-state index contributed by atoms with van der Waals surface area (Å²) in [5.74, 6) is 0.178. The lowest BCUT2D eigenvalue weighted by Crippen LogP contribution is -1.97. The highest BCUT2D eigenvalue weighted by molar-refractivity contribution is 7.98. The molecule has 70 valence electrons. The van der Waals surface area contributed by atoms with Crippen LogP contribution in [0.1, 0.15) is 12.5 Å². The quantitative estimate of drug-likeness (QED) is 0.719. The molecule has 1 aromatic rings. The van der Waals surface area contributed by atoms with Crippen molar-refractivity contribution in [1.29, 1.82) is 0 Å². The van der Waals surface area contributed by atoms with E-state index in [1.54, 1.807) is 18.7 Å². The van der Waals surface area contributed by atoms with Gasteiger partial charge in [0, 0.05) is 16.3 Å². The molecule has 0 saturated carbocycles. The van der Waals surface area contributed by atoms with Crippen LogP contribution in [0.3, 0.4) is 0 Å². The molecule has 0 aliphatic heterocycles. The van der Waals surface area contributed by atoms with E-state index in [4.69, 9.17) is 11.6 Å². The lowest BCUT2D eigenvalue weighted by Gasteiger charge is -2.05. The summed E-state index contributed by atoms with van der Waals surface area (Å²) in [6, 6.07) is 5.62. The number of hydrogen-bond donors (Lipinski definition) is 0. The van der Waals surface area contributed by atoms with Gasteiger partial charge in [0.2, 0.25) is 0 Å². The molecule has 0 aromatic heterocycles. The van der Waals surface area contributed by atoms with Crippen LogP contribution >= 0.6 is 23.4 Å². The molecule has 1 aromatic carbocycles. The van der Waals surface area contributed by atoms with Crippen LogP contribution < -0.4 is 0 Å². The summed E-state index contributed by atoms with van der Waals surface area (Å²) in [5, 5.41) is 0.719. The zero-order valence-electron chi connectivity index (χ0n) is 7.63. The Morgan fingerprint density at radius 3 is 2.77 bits per heavy atom.